The molecular formula is C34H6F10N6. The Morgan fingerprint density at radius 1 is 0.440 bits per heavy atom. The number of benzene rings is 3. The number of alkyl halides is 6. The molecule has 0 saturated carbocycles. The molecule has 0 saturated heterocycles. The molecule has 242 valence electrons. The highest BCUT2D eigenvalue weighted by molar-refractivity contribution is 6.29. The molecule has 0 bridgehead atoms. The number of nitrogens with zero attached hydrogens (tertiary/aromatic N) is 6. The highest BCUT2D eigenvalue weighted by Gasteiger charge is 2.42. The zero-order chi connectivity index (χ0) is 37.0. The Hall–Kier alpha value is -7.14. The number of rotatable bonds is 2. The average Bonchev–Trinajstić information content (AvgIpc) is 3.51. The summed E-state index contributed by atoms with van der Waals surface area (Å²) in [5.74, 6) is -8.45. The van der Waals surface area contributed by atoms with Crippen LogP contribution in [0.5, 0.6) is 0 Å². The van der Waals surface area contributed by atoms with Crippen molar-refractivity contribution in [2.75, 3.05) is 0 Å². The predicted octanol–water partition coefficient (Wildman–Crippen LogP) is 8.78. The van der Waals surface area contributed by atoms with Crippen LogP contribution >= 0.6 is 0 Å². The lowest BCUT2D eigenvalue weighted by atomic mass is 9.89. The van der Waals surface area contributed by atoms with Crippen LogP contribution < -0.4 is 0 Å². The summed E-state index contributed by atoms with van der Waals surface area (Å²) < 4.78 is 139. The van der Waals surface area contributed by atoms with Crippen molar-refractivity contribution in [2.24, 2.45) is 0 Å². The molecule has 2 aliphatic carbocycles. The van der Waals surface area contributed by atoms with Crippen molar-refractivity contribution in [3.05, 3.63) is 115 Å². The van der Waals surface area contributed by atoms with E-state index in [1.807, 2.05) is 0 Å². The maximum atomic E-state index is 14.7. The Bertz CT molecular complexity index is 2250. The Labute approximate surface area is 273 Å². The second-order valence-corrected chi connectivity index (χ2v) is 10.2. The van der Waals surface area contributed by atoms with Gasteiger partial charge in [-0.1, -0.05) is 0 Å². The van der Waals surface area contributed by atoms with Gasteiger partial charge in [0.15, 0.2) is 0 Å². The molecule has 0 fully saturated rings. The van der Waals surface area contributed by atoms with Gasteiger partial charge in [-0.05, 0) is 58.7 Å². The first-order valence-corrected chi connectivity index (χ1v) is 13.2. The van der Waals surface area contributed by atoms with Crippen molar-refractivity contribution in [2.45, 2.75) is 12.4 Å². The lowest BCUT2D eigenvalue weighted by molar-refractivity contribution is -0.143. The third-order valence-electron chi connectivity index (χ3n) is 7.63. The van der Waals surface area contributed by atoms with E-state index in [2.05, 4.69) is 0 Å². The van der Waals surface area contributed by atoms with E-state index in [1.165, 1.54) is 24.3 Å². The van der Waals surface area contributed by atoms with Gasteiger partial charge in [0.25, 0.3) is 0 Å². The third kappa shape index (κ3) is 5.10. The molecule has 2 aliphatic rings. The molecule has 0 unspecified atom stereocenters. The van der Waals surface area contributed by atoms with E-state index in [4.69, 9.17) is 0 Å². The second kappa shape index (κ2) is 11.8. The van der Waals surface area contributed by atoms with E-state index < -0.39 is 102 Å². The van der Waals surface area contributed by atoms with Crippen LogP contribution in [0.25, 0.3) is 33.4 Å². The lowest BCUT2D eigenvalue weighted by Crippen LogP contribution is -2.12. The van der Waals surface area contributed by atoms with Gasteiger partial charge in [0.05, 0.1) is 11.1 Å². The fraction of sp³-hybridized carbons (Fsp3) is 0.0588. The normalized spacial score (nSPS) is 13.4. The number of fused-ring (bicyclic) bond motifs is 2. The SMILES string of the molecule is N#CC(C#N)=C1C(c2cc(F)c(C(F)(F)F)c(F)c2)=C(C#N)c2cc3c(cc21)C(C#N)=C(c1cc(F)c(C(F)(F)F)c(F)c1)C3=C(C#N)C#N. The van der Waals surface area contributed by atoms with Crippen LogP contribution in [0.3, 0.4) is 0 Å². The zero-order valence-corrected chi connectivity index (χ0v) is 23.9. The summed E-state index contributed by atoms with van der Waals surface area (Å²) in [6, 6.07) is 12.3. The van der Waals surface area contributed by atoms with Crippen LogP contribution in [-0.4, -0.2) is 0 Å². The van der Waals surface area contributed by atoms with Gasteiger partial charge in [-0.25, -0.2) is 17.6 Å². The van der Waals surface area contributed by atoms with Crippen molar-refractivity contribution in [1.82, 2.24) is 0 Å². The lowest BCUT2D eigenvalue weighted by Gasteiger charge is -2.13. The van der Waals surface area contributed by atoms with E-state index in [9.17, 15) is 75.5 Å². The highest BCUT2D eigenvalue weighted by Crippen LogP contribution is 2.55. The number of allylic oxidation sites excluding steroid dienone is 8. The van der Waals surface area contributed by atoms with E-state index in [0.29, 0.717) is 0 Å². The van der Waals surface area contributed by atoms with Gasteiger partial charge >= 0.3 is 12.4 Å². The minimum atomic E-state index is -5.49. The molecular weight excluding hydrogens is 682 g/mol. The summed E-state index contributed by atoms with van der Waals surface area (Å²) in [5, 5.41) is 59.4. The molecule has 0 heterocycles. The molecule has 5 rings (SSSR count). The third-order valence-corrected chi connectivity index (χ3v) is 7.63. The summed E-state index contributed by atoms with van der Waals surface area (Å²) in [4.78, 5) is 0. The molecule has 0 N–H and O–H groups in total. The van der Waals surface area contributed by atoms with Crippen molar-refractivity contribution in [1.29, 1.82) is 31.6 Å². The minimum Gasteiger partial charge on any atom is -0.206 e. The molecule has 0 aromatic heterocycles. The van der Waals surface area contributed by atoms with Gasteiger partial charge < -0.3 is 0 Å². The Kier molecular flexibility index (Phi) is 8.09. The Balaban J connectivity index is 1.91. The number of hydrogen-bond donors (Lipinski definition) is 0. The Morgan fingerprint density at radius 3 is 0.940 bits per heavy atom. The van der Waals surface area contributed by atoms with E-state index >= 15 is 0 Å². The summed E-state index contributed by atoms with van der Waals surface area (Å²) in [7, 11) is 0. The minimum absolute atomic E-state index is 0.214. The summed E-state index contributed by atoms with van der Waals surface area (Å²) in [6.45, 7) is 0. The average molecular weight is 688 g/mol. The quantitative estimate of drug-likeness (QED) is 0.195. The van der Waals surface area contributed by atoms with Crippen LogP contribution in [0.15, 0.2) is 47.5 Å². The van der Waals surface area contributed by atoms with Gasteiger partial charge in [-0.15, -0.1) is 0 Å². The van der Waals surface area contributed by atoms with Crippen LogP contribution in [-0.2, 0) is 12.4 Å². The van der Waals surface area contributed by atoms with Crippen LogP contribution in [0.4, 0.5) is 43.9 Å². The molecule has 0 radical (unpaired) electrons. The highest BCUT2D eigenvalue weighted by atomic mass is 19.4. The molecule has 0 spiro atoms. The number of halogens is 10. The molecule has 6 nitrogen and oxygen atoms in total. The van der Waals surface area contributed by atoms with Gasteiger partial charge in [0.2, 0.25) is 0 Å². The largest absolute Gasteiger partial charge is 0.422 e. The fourth-order valence-corrected chi connectivity index (χ4v) is 5.79. The van der Waals surface area contributed by atoms with Crippen molar-refractivity contribution >= 4 is 33.4 Å². The number of hydrogen-bond acceptors (Lipinski definition) is 6. The maximum Gasteiger partial charge on any atom is 0.422 e. The summed E-state index contributed by atoms with van der Waals surface area (Å²) in [6.07, 6.45) is -11.0. The molecule has 50 heavy (non-hydrogen) atoms. The molecule has 0 amide bonds. The first-order chi connectivity index (χ1) is 23.5. The van der Waals surface area contributed by atoms with Crippen molar-refractivity contribution < 1.29 is 43.9 Å². The first kappa shape index (κ1) is 34.2. The van der Waals surface area contributed by atoms with Crippen molar-refractivity contribution in [3.63, 3.8) is 0 Å². The van der Waals surface area contributed by atoms with Crippen molar-refractivity contribution in [3.8, 4) is 36.4 Å². The Morgan fingerprint density at radius 2 is 0.720 bits per heavy atom. The van der Waals surface area contributed by atoms with E-state index in [-0.39, 0.29) is 46.5 Å². The summed E-state index contributed by atoms with van der Waals surface area (Å²) >= 11 is 0. The van der Waals surface area contributed by atoms with Gasteiger partial charge in [0, 0.05) is 33.4 Å². The smallest absolute Gasteiger partial charge is 0.206 e. The fourth-order valence-electron chi connectivity index (χ4n) is 5.79. The topological polar surface area (TPSA) is 143 Å². The predicted molar refractivity (Wildman–Crippen MR) is 150 cm³/mol. The number of nitriles is 6. The van der Waals surface area contributed by atoms with Gasteiger partial charge in [0.1, 0.15) is 82.0 Å². The molecule has 0 aliphatic heterocycles. The molecule has 0 atom stereocenters. The zero-order valence-electron chi connectivity index (χ0n) is 23.9. The first-order valence-electron chi connectivity index (χ1n) is 13.2. The summed E-state index contributed by atoms with van der Waals surface area (Å²) in [5.41, 5.74) is -12.2. The maximum absolute atomic E-state index is 14.7. The monoisotopic (exact) mass is 688 g/mol. The van der Waals surface area contributed by atoms with Crippen LogP contribution in [0, 0.1) is 91.3 Å². The van der Waals surface area contributed by atoms with E-state index in [0.717, 1.165) is 12.1 Å². The van der Waals surface area contributed by atoms with Gasteiger partial charge in [-0.3, -0.25) is 0 Å². The van der Waals surface area contributed by atoms with Crippen LogP contribution in [0.1, 0.15) is 44.5 Å². The van der Waals surface area contributed by atoms with E-state index in [1.54, 1.807) is 12.1 Å². The molecule has 3 aromatic carbocycles. The second-order valence-electron chi connectivity index (χ2n) is 10.2. The van der Waals surface area contributed by atoms with Gasteiger partial charge in [-0.2, -0.15) is 57.9 Å². The van der Waals surface area contributed by atoms with Crippen LogP contribution in [0.2, 0.25) is 0 Å². The molecule has 16 heteroatoms. The molecule has 3 aromatic rings. The standard InChI is InChI=1S/C34H6F10N6/c35-23-1-13(2-24(36)31(23)33(39,40)41)27-21(11-49)17-5-20-18(6-19(17)29(27)15(7-45)8-46)22(12-50)28(30(20)16(9-47)10-48)14-3-25(37)32(26(38)4-14)34(42,43)44/h1-6H.